The first-order chi connectivity index (χ1) is 5.16. The molecule has 0 aromatic carbocycles. The molecule has 0 heteroatoms. The van der Waals surface area contributed by atoms with Crippen molar-refractivity contribution in [1.29, 1.82) is 0 Å². The second-order valence-corrected chi connectivity index (χ2v) is 3.06. The van der Waals surface area contributed by atoms with Crippen LogP contribution in [0.25, 0.3) is 0 Å². The lowest BCUT2D eigenvalue weighted by Gasteiger charge is -2.07. The van der Waals surface area contributed by atoms with E-state index in [-0.39, 0.29) is 0 Å². The maximum absolute atomic E-state index is 3.88. The fourth-order valence-corrected chi connectivity index (χ4v) is 1.19. The van der Waals surface area contributed by atoms with Crippen molar-refractivity contribution in [2.45, 2.75) is 53.9 Å². The van der Waals surface area contributed by atoms with E-state index >= 15 is 0 Å². The Bertz CT molecular complexity index is 82.0. The van der Waals surface area contributed by atoms with Gasteiger partial charge in [0.2, 0.25) is 0 Å². The van der Waals surface area contributed by atoms with Crippen LogP contribution in [0, 0.1) is 5.92 Å². The van der Waals surface area contributed by atoms with E-state index < -0.39 is 0 Å². The monoisotopic (exact) mass is 156 g/mol. The normalized spacial score (nSPS) is 11.4. The summed E-state index contributed by atoms with van der Waals surface area (Å²) in [6, 6.07) is 0. The van der Waals surface area contributed by atoms with Crippen molar-refractivity contribution in [3.05, 3.63) is 12.2 Å². The standard InChI is InChI=1S/C9H18.C2H6/c1-5-6-9(4)7-8(2)3;1-2/h9H,2,5-7H2,1,3-4H3;1-2H3. The zero-order chi connectivity index (χ0) is 9.28. The molecular weight excluding hydrogens is 132 g/mol. The van der Waals surface area contributed by atoms with Gasteiger partial charge in [0.05, 0.1) is 0 Å². The lowest BCUT2D eigenvalue weighted by atomic mass is 9.99. The average Bonchev–Trinajstić information content (AvgIpc) is 1.91. The Morgan fingerprint density at radius 2 is 1.82 bits per heavy atom. The smallest absolute Gasteiger partial charge is 0.0300 e. The molecular formula is C11H24. The highest BCUT2D eigenvalue weighted by Gasteiger charge is 1.98. The first kappa shape index (κ1) is 13.3. The van der Waals surface area contributed by atoms with Crippen LogP contribution in [0.3, 0.4) is 0 Å². The van der Waals surface area contributed by atoms with E-state index in [1.807, 2.05) is 13.8 Å². The Labute approximate surface area is 72.7 Å². The molecule has 0 aliphatic heterocycles. The van der Waals surface area contributed by atoms with Crippen molar-refractivity contribution in [2.75, 3.05) is 0 Å². The van der Waals surface area contributed by atoms with Crippen LogP contribution in [-0.4, -0.2) is 0 Å². The zero-order valence-corrected chi connectivity index (χ0v) is 8.91. The molecule has 0 amide bonds. The summed E-state index contributed by atoms with van der Waals surface area (Å²) in [5, 5.41) is 0. The molecule has 0 N–H and O–H groups in total. The van der Waals surface area contributed by atoms with Crippen LogP contribution < -0.4 is 0 Å². The second-order valence-electron chi connectivity index (χ2n) is 3.06. The lowest BCUT2D eigenvalue weighted by Crippen LogP contribution is -1.93. The van der Waals surface area contributed by atoms with Crippen LogP contribution in [0.1, 0.15) is 53.9 Å². The van der Waals surface area contributed by atoms with E-state index in [0.717, 1.165) is 5.92 Å². The molecule has 0 aromatic heterocycles. The second kappa shape index (κ2) is 9.74. The molecule has 0 rings (SSSR count). The van der Waals surface area contributed by atoms with Crippen molar-refractivity contribution in [3.8, 4) is 0 Å². The van der Waals surface area contributed by atoms with E-state index in [4.69, 9.17) is 0 Å². The Kier molecular flexibility index (Phi) is 11.8. The van der Waals surface area contributed by atoms with Gasteiger partial charge in [-0.2, -0.15) is 0 Å². The molecule has 0 saturated heterocycles. The Morgan fingerprint density at radius 3 is 2.09 bits per heavy atom. The number of rotatable bonds is 4. The van der Waals surface area contributed by atoms with E-state index in [0.29, 0.717) is 0 Å². The highest BCUT2D eigenvalue weighted by molar-refractivity contribution is 4.89. The molecule has 0 aromatic rings. The van der Waals surface area contributed by atoms with E-state index in [9.17, 15) is 0 Å². The van der Waals surface area contributed by atoms with Crippen LogP contribution in [0.5, 0.6) is 0 Å². The fourth-order valence-electron chi connectivity index (χ4n) is 1.19. The first-order valence-corrected chi connectivity index (χ1v) is 4.81. The number of hydrogen-bond donors (Lipinski definition) is 0. The van der Waals surface area contributed by atoms with E-state index in [1.165, 1.54) is 24.8 Å². The SMILES string of the molecule is C=C(C)CC(C)CCC.CC. The molecule has 0 fully saturated rings. The van der Waals surface area contributed by atoms with Crippen LogP contribution in [-0.2, 0) is 0 Å². The van der Waals surface area contributed by atoms with E-state index in [1.54, 1.807) is 0 Å². The Morgan fingerprint density at radius 1 is 1.36 bits per heavy atom. The molecule has 0 saturated carbocycles. The quantitative estimate of drug-likeness (QED) is 0.529. The fraction of sp³-hybridized carbons (Fsp3) is 0.818. The predicted octanol–water partition coefficient (Wildman–Crippen LogP) is 4.42. The number of allylic oxidation sites excluding steroid dienone is 1. The van der Waals surface area contributed by atoms with Gasteiger partial charge in [0.25, 0.3) is 0 Å². The third-order valence-corrected chi connectivity index (χ3v) is 1.48. The van der Waals surface area contributed by atoms with Crippen LogP contribution >= 0.6 is 0 Å². The van der Waals surface area contributed by atoms with Gasteiger partial charge < -0.3 is 0 Å². The van der Waals surface area contributed by atoms with Crippen molar-refractivity contribution < 1.29 is 0 Å². The largest absolute Gasteiger partial charge is 0.100 e. The van der Waals surface area contributed by atoms with E-state index in [2.05, 4.69) is 27.4 Å². The van der Waals surface area contributed by atoms with Crippen LogP contribution in [0.15, 0.2) is 12.2 Å². The summed E-state index contributed by atoms with van der Waals surface area (Å²) in [6.07, 6.45) is 3.84. The van der Waals surface area contributed by atoms with Crippen LogP contribution in [0.2, 0.25) is 0 Å². The van der Waals surface area contributed by atoms with Crippen molar-refractivity contribution in [1.82, 2.24) is 0 Å². The third kappa shape index (κ3) is 12.8. The van der Waals surface area contributed by atoms with Gasteiger partial charge in [-0.15, -0.1) is 6.58 Å². The topological polar surface area (TPSA) is 0 Å². The molecule has 1 atom stereocenters. The molecule has 0 bridgehead atoms. The summed E-state index contributed by atoms with van der Waals surface area (Å²) in [6.45, 7) is 14.5. The number of hydrogen-bond acceptors (Lipinski definition) is 0. The van der Waals surface area contributed by atoms with Gasteiger partial charge in [-0.25, -0.2) is 0 Å². The first-order valence-electron chi connectivity index (χ1n) is 4.81. The molecule has 0 radical (unpaired) electrons. The molecule has 0 spiro atoms. The van der Waals surface area contributed by atoms with Gasteiger partial charge >= 0.3 is 0 Å². The van der Waals surface area contributed by atoms with Crippen molar-refractivity contribution in [3.63, 3.8) is 0 Å². The summed E-state index contributed by atoms with van der Waals surface area (Å²) in [5.74, 6) is 0.840. The summed E-state index contributed by atoms with van der Waals surface area (Å²) in [7, 11) is 0. The molecule has 0 nitrogen and oxygen atoms in total. The zero-order valence-electron chi connectivity index (χ0n) is 8.91. The Balaban J connectivity index is 0. The molecule has 0 aliphatic rings. The predicted molar refractivity (Wildman–Crippen MR) is 54.9 cm³/mol. The highest BCUT2D eigenvalue weighted by Crippen LogP contribution is 2.13. The minimum atomic E-state index is 0.840. The van der Waals surface area contributed by atoms with Gasteiger partial charge in [0, 0.05) is 0 Å². The van der Waals surface area contributed by atoms with Gasteiger partial charge in [0.15, 0.2) is 0 Å². The average molecular weight is 156 g/mol. The maximum atomic E-state index is 3.88. The molecule has 11 heavy (non-hydrogen) atoms. The van der Waals surface area contributed by atoms with Gasteiger partial charge in [-0.1, -0.05) is 46.1 Å². The van der Waals surface area contributed by atoms with Gasteiger partial charge in [0.1, 0.15) is 0 Å². The molecule has 1 unspecified atom stereocenters. The summed E-state index contributed by atoms with van der Waals surface area (Å²) < 4.78 is 0. The maximum Gasteiger partial charge on any atom is -0.0300 e. The molecule has 0 aliphatic carbocycles. The minimum absolute atomic E-state index is 0.840. The third-order valence-electron chi connectivity index (χ3n) is 1.48. The Hall–Kier alpha value is -0.260. The minimum Gasteiger partial charge on any atom is -0.100 e. The van der Waals surface area contributed by atoms with Crippen LogP contribution in [0.4, 0.5) is 0 Å². The summed E-state index contributed by atoms with van der Waals surface area (Å²) in [4.78, 5) is 0. The van der Waals surface area contributed by atoms with Crippen molar-refractivity contribution >= 4 is 0 Å². The lowest BCUT2D eigenvalue weighted by molar-refractivity contribution is 0.521. The summed E-state index contributed by atoms with van der Waals surface area (Å²) >= 11 is 0. The molecule has 68 valence electrons. The van der Waals surface area contributed by atoms with Gasteiger partial charge in [-0.05, 0) is 19.3 Å². The highest BCUT2D eigenvalue weighted by atomic mass is 14.0. The van der Waals surface area contributed by atoms with Gasteiger partial charge in [-0.3, -0.25) is 0 Å². The summed E-state index contributed by atoms with van der Waals surface area (Å²) in [5.41, 5.74) is 1.32. The van der Waals surface area contributed by atoms with Crippen molar-refractivity contribution in [2.24, 2.45) is 5.92 Å². The molecule has 0 heterocycles.